The molecule has 0 saturated heterocycles. The maximum absolute atomic E-state index is 12.0. The number of ether oxygens (including phenoxy) is 1. The van der Waals surface area contributed by atoms with Crippen molar-refractivity contribution in [2.24, 2.45) is 0 Å². The van der Waals surface area contributed by atoms with E-state index in [1.54, 1.807) is 7.11 Å². The smallest absolute Gasteiger partial charge is 0.326 e. The van der Waals surface area contributed by atoms with Crippen LogP contribution in [0.3, 0.4) is 0 Å². The number of hydrogen-bond acceptors (Lipinski definition) is 5. The molecule has 1 unspecified atom stereocenters. The topological polar surface area (TPSA) is 89.3 Å². The maximum Gasteiger partial charge on any atom is 0.326 e. The van der Waals surface area contributed by atoms with Gasteiger partial charge in [0.2, 0.25) is 0 Å². The van der Waals surface area contributed by atoms with Crippen LogP contribution in [0.25, 0.3) is 11.0 Å². The second-order valence-corrected chi connectivity index (χ2v) is 8.49. The van der Waals surface area contributed by atoms with Crippen LogP contribution in [0.1, 0.15) is 23.7 Å². The van der Waals surface area contributed by atoms with Crippen LogP contribution in [0.15, 0.2) is 65.4 Å². The highest BCUT2D eigenvalue weighted by Gasteiger charge is 2.24. The fourth-order valence-corrected chi connectivity index (χ4v) is 4.79. The van der Waals surface area contributed by atoms with E-state index in [9.17, 15) is 9.90 Å². The molecule has 0 aliphatic heterocycles. The molecule has 0 amide bonds. The standard InChI is InChI=1S/C25H25BrN4O3/c1-3-20-22(26)21-23(29-19(25(31)32)13-16-7-5-4-6-8-16)27-15-28-24(21)30(20)14-17-9-11-18(33-2)12-10-17/h4-12,15,19H,3,13-14H2,1-2H3,(H,31,32)(H,27,28,29). The molecule has 33 heavy (non-hydrogen) atoms. The summed E-state index contributed by atoms with van der Waals surface area (Å²) in [5.74, 6) is 0.369. The van der Waals surface area contributed by atoms with E-state index in [1.807, 2.05) is 54.6 Å². The Morgan fingerprint density at radius 3 is 2.48 bits per heavy atom. The van der Waals surface area contributed by atoms with Crippen LogP contribution in [0, 0.1) is 0 Å². The van der Waals surface area contributed by atoms with Crippen molar-refractivity contribution >= 4 is 38.8 Å². The summed E-state index contributed by atoms with van der Waals surface area (Å²) in [7, 11) is 1.65. The zero-order valence-corrected chi connectivity index (χ0v) is 20.0. The molecule has 2 aromatic carbocycles. The van der Waals surface area contributed by atoms with Gasteiger partial charge in [-0.1, -0.05) is 49.4 Å². The van der Waals surface area contributed by atoms with Crippen molar-refractivity contribution in [3.63, 3.8) is 0 Å². The van der Waals surface area contributed by atoms with Gasteiger partial charge in [0.05, 0.1) is 17.0 Å². The third-order valence-electron chi connectivity index (χ3n) is 5.61. The minimum Gasteiger partial charge on any atom is -0.497 e. The van der Waals surface area contributed by atoms with Gasteiger partial charge in [0.25, 0.3) is 0 Å². The number of aromatic nitrogens is 3. The molecule has 1 atom stereocenters. The SMILES string of the molecule is CCc1c(Br)c2c(NC(Cc3ccccc3)C(=O)O)ncnc2n1Cc1ccc(OC)cc1. The van der Waals surface area contributed by atoms with Crippen molar-refractivity contribution in [2.45, 2.75) is 32.4 Å². The first-order valence-electron chi connectivity index (χ1n) is 10.7. The summed E-state index contributed by atoms with van der Waals surface area (Å²) in [4.78, 5) is 21.0. The van der Waals surface area contributed by atoms with Crippen LogP contribution in [-0.4, -0.2) is 38.8 Å². The van der Waals surface area contributed by atoms with Gasteiger partial charge < -0.3 is 19.7 Å². The van der Waals surface area contributed by atoms with Crippen molar-refractivity contribution in [2.75, 3.05) is 12.4 Å². The van der Waals surface area contributed by atoms with Gasteiger partial charge in [0.15, 0.2) is 0 Å². The monoisotopic (exact) mass is 508 g/mol. The Hall–Kier alpha value is -3.39. The first-order valence-corrected chi connectivity index (χ1v) is 11.5. The normalized spacial score (nSPS) is 12.0. The van der Waals surface area contributed by atoms with Crippen molar-refractivity contribution in [3.8, 4) is 5.75 Å². The number of benzene rings is 2. The molecule has 4 rings (SSSR count). The summed E-state index contributed by atoms with van der Waals surface area (Å²) >= 11 is 3.74. The Morgan fingerprint density at radius 2 is 1.85 bits per heavy atom. The number of carbonyl (C=O) groups is 1. The number of halogens is 1. The number of carboxylic acids is 1. The Kier molecular flexibility index (Phi) is 6.93. The van der Waals surface area contributed by atoms with Crippen molar-refractivity contribution in [3.05, 3.63) is 82.2 Å². The van der Waals surface area contributed by atoms with Gasteiger partial charge in [0, 0.05) is 18.7 Å². The molecule has 8 heteroatoms. The fraction of sp³-hybridized carbons (Fsp3) is 0.240. The van der Waals surface area contributed by atoms with Crippen LogP contribution >= 0.6 is 15.9 Å². The number of nitrogens with zero attached hydrogens (tertiary/aromatic N) is 3. The number of aliphatic carboxylic acids is 1. The number of hydrogen-bond donors (Lipinski definition) is 2. The minimum atomic E-state index is -0.935. The van der Waals surface area contributed by atoms with Gasteiger partial charge in [-0.25, -0.2) is 14.8 Å². The summed E-state index contributed by atoms with van der Waals surface area (Å²) in [5, 5.41) is 13.8. The van der Waals surface area contributed by atoms with E-state index in [2.05, 4.69) is 42.7 Å². The second kappa shape index (κ2) is 10.0. The molecular formula is C25H25BrN4O3. The van der Waals surface area contributed by atoms with E-state index < -0.39 is 12.0 Å². The van der Waals surface area contributed by atoms with Crippen molar-refractivity contribution in [1.29, 1.82) is 0 Å². The molecule has 170 valence electrons. The lowest BCUT2D eigenvalue weighted by Gasteiger charge is -2.16. The number of fused-ring (bicyclic) bond motifs is 1. The van der Waals surface area contributed by atoms with Gasteiger partial charge in [-0.15, -0.1) is 0 Å². The van der Waals surface area contributed by atoms with E-state index in [4.69, 9.17) is 4.74 Å². The highest BCUT2D eigenvalue weighted by atomic mass is 79.9. The molecule has 2 heterocycles. The van der Waals surface area contributed by atoms with Crippen LogP contribution in [0.5, 0.6) is 5.75 Å². The average molecular weight is 509 g/mol. The predicted octanol–water partition coefficient (Wildman–Crippen LogP) is 4.92. The highest BCUT2D eigenvalue weighted by molar-refractivity contribution is 9.10. The van der Waals surface area contributed by atoms with E-state index in [0.717, 1.165) is 44.5 Å². The van der Waals surface area contributed by atoms with E-state index in [1.165, 1.54) is 6.33 Å². The lowest BCUT2D eigenvalue weighted by molar-refractivity contribution is -0.137. The largest absolute Gasteiger partial charge is 0.497 e. The van der Waals surface area contributed by atoms with Gasteiger partial charge >= 0.3 is 5.97 Å². The van der Waals surface area contributed by atoms with Gasteiger partial charge in [0.1, 0.15) is 29.6 Å². The molecule has 2 aromatic heterocycles. The van der Waals surface area contributed by atoms with E-state index in [0.29, 0.717) is 18.8 Å². The van der Waals surface area contributed by atoms with Crippen LogP contribution in [0.4, 0.5) is 5.82 Å². The number of nitrogens with one attached hydrogen (secondary N) is 1. The minimum absolute atomic E-state index is 0.340. The number of methoxy groups -OCH3 is 1. The number of rotatable bonds is 9. The summed E-state index contributed by atoms with van der Waals surface area (Å²) in [5.41, 5.74) is 3.86. The van der Waals surface area contributed by atoms with Crippen molar-refractivity contribution < 1.29 is 14.6 Å². The average Bonchev–Trinajstić information content (AvgIpc) is 3.11. The van der Waals surface area contributed by atoms with E-state index in [-0.39, 0.29) is 0 Å². The maximum atomic E-state index is 12.0. The molecule has 0 saturated carbocycles. The molecule has 4 aromatic rings. The first-order chi connectivity index (χ1) is 16.0. The molecule has 0 spiro atoms. The summed E-state index contributed by atoms with van der Waals surface area (Å²) in [6.45, 7) is 2.71. The third kappa shape index (κ3) is 4.85. The van der Waals surface area contributed by atoms with Crippen LogP contribution in [-0.2, 0) is 24.2 Å². The molecule has 2 N–H and O–H groups in total. The summed E-state index contributed by atoms with van der Waals surface area (Å²) in [6.07, 6.45) is 2.59. The lowest BCUT2D eigenvalue weighted by atomic mass is 10.1. The highest BCUT2D eigenvalue weighted by Crippen LogP contribution is 2.35. The first kappa shape index (κ1) is 22.8. The van der Waals surface area contributed by atoms with Crippen LogP contribution < -0.4 is 10.1 Å². The Bertz CT molecular complexity index is 1260. The quantitative estimate of drug-likeness (QED) is 0.333. The van der Waals surface area contributed by atoms with E-state index >= 15 is 0 Å². The number of anilines is 1. The predicted molar refractivity (Wildman–Crippen MR) is 132 cm³/mol. The zero-order valence-electron chi connectivity index (χ0n) is 18.5. The Morgan fingerprint density at radius 1 is 1.12 bits per heavy atom. The van der Waals surface area contributed by atoms with Gasteiger partial charge in [-0.2, -0.15) is 0 Å². The van der Waals surface area contributed by atoms with Gasteiger partial charge in [-0.05, 0) is 45.6 Å². The molecule has 0 bridgehead atoms. The molecule has 0 radical (unpaired) electrons. The fourth-order valence-electron chi connectivity index (χ4n) is 3.93. The molecule has 0 fully saturated rings. The zero-order chi connectivity index (χ0) is 23.4. The summed E-state index contributed by atoms with van der Waals surface area (Å²) in [6, 6.07) is 16.7. The van der Waals surface area contributed by atoms with Crippen LogP contribution in [0.2, 0.25) is 0 Å². The molecule has 0 aliphatic carbocycles. The summed E-state index contributed by atoms with van der Waals surface area (Å²) < 4.78 is 8.28. The Balaban J connectivity index is 1.71. The van der Waals surface area contributed by atoms with Gasteiger partial charge in [-0.3, -0.25) is 0 Å². The molecule has 0 aliphatic rings. The Labute approximate surface area is 200 Å². The van der Waals surface area contributed by atoms with Crippen molar-refractivity contribution in [1.82, 2.24) is 14.5 Å². The molecule has 7 nitrogen and oxygen atoms in total. The second-order valence-electron chi connectivity index (χ2n) is 7.69. The lowest BCUT2D eigenvalue weighted by Crippen LogP contribution is -2.32. The third-order valence-corrected chi connectivity index (χ3v) is 6.46. The molecular weight excluding hydrogens is 484 g/mol. The number of carboxylic acid groups (broad SMARTS) is 1.